The number of hydrazine groups is 1. The number of nitrogens with one attached hydrogen (secondary N) is 3. The van der Waals surface area contributed by atoms with Crippen molar-refractivity contribution < 1.29 is 27.5 Å². The van der Waals surface area contributed by atoms with Gasteiger partial charge in [0.25, 0.3) is 5.91 Å². The summed E-state index contributed by atoms with van der Waals surface area (Å²) >= 11 is 0. The van der Waals surface area contributed by atoms with Crippen LogP contribution in [-0.4, -0.2) is 19.0 Å². The van der Waals surface area contributed by atoms with Crippen LogP contribution < -0.4 is 20.9 Å². The molecule has 0 saturated heterocycles. The molecule has 0 heterocycles. The SMILES string of the molecule is CNC(=O)NNC(=O)c1cccc(Oc2cccc(C(F)(F)F)c2)c1. The molecule has 3 amide bonds. The van der Waals surface area contributed by atoms with Crippen LogP contribution in [0.5, 0.6) is 11.5 Å². The van der Waals surface area contributed by atoms with Crippen molar-refractivity contribution in [2.24, 2.45) is 0 Å². The van der Waals surface area contributed by atoms with E-state index < -0.39 is 23.7 Å². The quantitative estimate of drug-likeness (QED) is 0.742. The zero-order valence-electron chi connectivity index (χ0n) is 13.0. The molecule has 0 radical (unpaired) electrons. The summed E-state index contributed by atoms with van der Waals surface area (Å²) in [6, 6.07) is 9.56. The molecule has 0 atom stereocenters. The Morgan fingerprint density at radius 3 is 2.24 bits per heavy atom. The number of ether oxygens (including phenoxy) is 1. The molecule has 9 heteroatoms. The van der Waals surface area contributed by atoms with E-state index in [1.54, 1.807) is 0 Å². The van der Waals surface area contributed by atoms with Crippen molar-refractivity contribution in [1.82, 2.24) is 16.2 Å². The number of rotatable bonds is 3. The van der Waals surface area contributed by atoms with Crippen LogP contribution in [0.1, 0.15) is 15.9 Å². The second-order valence-corrected chi connectivity index (χ2v) is 4.81. The molecule has 0 aromatic heterocycles. The Bertz CT molecular complexity index is 778. The van der Waals surface area contributed by atoms with E-state index in [0.29, 0.717) is 0 Å². The smallest absolute Gasteiger partial charge is 0.416 e. The van der Waals surface area contributed by atoms with Crippen molar-refractivity contribution in [3.63, 3.8) is 0 Å². The number of hydrogen-bond acceptors (Lipinski definition) is 3. The fourth-order valence-corrected chi connectivity index (χ4v) is 1.82. The number of hydrogen-bond donors (Lipinski definition) is 3. The Morgan fingerprint density at radius 2 is 1.60 bits per heavy atom. The Morgan fingerprint density at radius 1 is 0.960 bits per heavy atom. The van der Waals surface area contributed by atoms with Crippen LogP contribution in [0.15, 0.2) is 48.5 Å². The molecule has 0 aliphatic carbocycles. The molecule has 2 aromatic rings. The molecule has 0 unspecified atom stereocenters. The first-order chi connectivity index (χ1) is 11.8. The van der Waals surface area contributed by atoms with Crippen molar-refractivity contribution in [2.75, 3.05) is 7.05 Å². The molecule has 0 aliphatic heterocycles. The van der Waals surface area contributed by atoms with E-state index in [2.05, 4.69) is 16.2 Å². The van der Waals surface area contributed by atoms with Gasteiger partial charge in [-0.25, -0.2) is 10.2 Å². The first kappa shape index (κ1) is 18.1. The topological polar surface area (TPSA) is 79.5 Å². The van der Waals surface area contributed by atoms with Crippen LogP contribution in [0.3, 0.4) is 0 Å². The Labute approximate surface area is 141 Å². The molecule has 0 spiro atoms. The van der Waals surface area contributed by atoms with Gasteiger partial charge in [0.1, 0.15) is 11.5 Å². The van der Waals surface area contributed by atoms with Gasteiger partial charge in [0.15, 0.2) is 0 Å². The molecule has 0 saturated carbocycles. The molecule has 0 fully saturated rings. The molecule has 3 N–H and O–H groups in total. The Kier molecular flexibility index (Phi) is 5.48. The Hall–Kier alpha value is -3.23. The van der Waals surface area contributed by atoms with Crippen LogP contribution in [0.4, 0.5) is 18.0 Å². The highest BCUT2D eigenvalue weighted by Gasteiger charge is 2.30. The average Bonchev–Trinajstić information content (AvgIpc) is 2.59. The van der Waals surface area contributed by atoms with Gasteiger partial charge in [-0.2, -0.15) is 13.2 Å². The number of amides is 3. The number of carbonyl (C=O) groups excluding carboxylic acids is 2. The van der Waals surface area contributed by atoms with Gasteiger partial charge in [-0.1, -0.05) is 12.1 Å². The molecular weight excluding hydrogens is 339 g/mol. The lowest BCUT2D eigenvalue weighted by Crippen LogP contribution is -2.45. The average molecular weight is 353 g/mol. The van der Waals surface area contributed by atoms with Crippen LogP contribution in [0.2, 0.25) is 0 Å². The normalized spacial score (nSPS) is 10.7. The second kappa shape index (κ2) is 7.56. The summed E-state index contributed by atoms with van der Waals surface area (Å²) < 4.78 is 43.5. The maximum atomic E-state index is 12.7. The van der Waals surface area contributed by atoms with Crippen molar-refractivity contribution in [3.8, 4) is 11.5 Å². The molecule has 2 rings (SSSR count). The zero-order chi connectivity index (χ0) is 18.4. The first-order valence-electron chi connectivity index (χ1n) is 7.03. The lowest BCUT2D eigenvalue weighted by molar-refractivity contribution is -0.137. The van der Waals surface area contributed by atoms with Gasteiger partial charge in [-0.05, 0) is 36.4 Å². The number of carbonyl (C=O) groups is 2. The van der Waals surface area contributed by atoms with Gasteiger partial charge < -0.3 is 10.1 Å². The van der Waals surface area contributed by atoms with E-state index in [-0.39, 0.29) is 17.1 Å². The van der Waals surface area contributed by atoms with E-state index in [4.69, 9.17) is 4.74 Å². The highest BCUT2D eigenvalue weighted by Crippen LogP contribution is 2.32. The van der Waals surface area contributed by atoms with E-state index in [1.165, 1.54) is 43.4 Å². The third kappa shape index (κ3) is 5.13. The zero-order valence-corrected chi connectivity index (χ0v) is 13.0. The number of halogens is 3. The van der Waals surface area contributed by atoms with Gasteiger partial charge in [0.05, 0.1) is 5.56 Å². The largest absolute Gasteiger partial charge is 0.457 e. The van der Waals surface area contributed by atoms with Crippen molar-refractivity contribution in [1.29, 1.82) is 0 Å². The highest BCUT2D eigenvalue weighted by atomic mass is 19.4. The minimum atomic E-state index is -4.48. The summed E-state index contributed by atoms with van der Waals surface area (Å²) in [6.07, 6.45) is -4.48. The number of benzene rings is 2. The van der Waals surface area contributed by atoms with Crippen LogP contribution >= 0.6 is 0 Å². The fraction of sp³-hybridized carbons (Fsp3) is 0.125. The van der Waals surface area contributed by atoms with E-state index >= 15 is 0 Å². The minimum absolute atomic E-state index is 0.0177. The van der Waals surface area contributed by atoms with Crippen molar-refractivity contribution in [2.45, 2.75) is 6.18 Å². The van der Waals surface area contributed by atoms with Gasteiger partial charge >= 0.3 is 12.2 Å². The number of urea groups is 1. The highest BCUT2D eigenvalue weighted by molar-refractivity contribution is 5.95. The third-order valence-corrected chi connectivity index (χ3v) is 3.01. The molecular formula is C16H14F3N3O3. The van der Waals surface area contributed by atoms with E-state index in [1.807, 2.05) is 0 Å². The van der Waals surface area contributed by atoms with Gasteiger partial charge in [0, 0.05) is 12.6 Å². The summed E-state index contributed by atoms with van der Waals surface area (Å²) in [4.78, 5) is 22.9. The summed E-state index contributed by atoms with van der Waals surface area (Å²) in [5.41, 5.74) is 3.59. The number of alkyl halides is 3. The summed E-state index contributed by atoms with van der Waals surface area (Å²) in [5.74, 6) is -0.458. The van der Waals surface area contributed by atoms with E-state index in [0.717, 1.165) is 12.1 Å². The predicted molar refractivity (Wildman–Crippen MR) is 83.0 cm³/mol. The third-order valence-electron chi connectivity index (χ3n) is 3.01. The molecule has 0 aliphatic rings. The van der Waals surface area contributed by atoms with Crippen LogP contribution in [-0.2, 0) is 6.18 Å². The van der Waals surface area contributed by atoms with Crippen LogP contribution in [0.25, 0.3) is 0 Å². The molecule has 2 aromatic carbocycles. The maximum Gasteiger partial charge on any atom is 0.416 e. The van der Waals surface area contributed by atoms with Crippen LogP contribution in [0, 0.1) is 0 Å². The monoisotopic (exact) mass is 353 g/mol. The van der Waals surface area contributed by atoms with Gasteiger partial charge in [0.2, 0.25) is 0 Å². The first-order valence-corrected chi connectivity index (χ1v) is 7.03. The lowest BCUT2D eigenvalue weighted by Gasteiger charge is -2.11. The summed E-state index contributed by atoms with van der Waals surface area (Å²) in [7, 11) is 1.38. The molecule has 132 valence electrons. The minimum Gasteiger partial charge on any atom is -0.457 e. The Balaban J connectivity index is 2.11. The summed E-state index contributed by atoms with van der Waals surface area (Å²) in [6.45, 7) is 0. The molecule has 0 bridgehead atoms. The van der Waals surface area contributed by atoms with Crippen molar-refractivity contribution in [3.05, 3.63) is 59.7 Å². The van der Waals surface area contributed by atoms with Gasteiger partial charge in [-0.3, -0.25) is 10.2 Å². The maximum absolute atomic E-state index is 12.7. The summed E-state index contributed by atoms with van der Waals surface area (Å²) in [5, 5.41) is 2.25. The fourth-order valence-electron chi connectivity index (χ4n) is 1.82. The van der Waals surface area contributed by atoms with Crippen molar-refractivity contribution >= 4 is 11.9 Å². The van der Waals surface area contributed by atoms with Gasteiger partial charge in [-0.15, -0.1) is 0 Å². The predicted octanol–water partition coefficient (Wildman–Crippen LogP) is 3.07. The molecule has 6 nitrogen and oxygen atoms in total. The standard InChI is InChI=1S/C16H14F3N3O3/c1-20-15(24)22-21-14(23)10-4-2-6-12(8-10)25-13-7-3-5-11(9-13)16(17,18)19/h2-9H,1H3,(H,21,23)(H2,20,22,24). The lowest BCUT2D eigenvalue weighted by atomic mass is 10.2. The van der Waals surface area contributed by atoms with E-state index in [9.17, 15) is 22.8 Å². The second-order valence-electron chi connectivity index (χ2n) is 4.81. The molecule has 25 heavy (non-hydrogen) atoms.